The Labute approximate surface area is 159 Å². The SMILES string of the molecule is CCOC(=O)c1c(-c2ccc(Cl)cc2)noc1Nc1nc2ccccc2[nH]1. The number of halogens is 1. The number of esters is 1. The molecule has 0 aliphatic carbocycles. The van der Waals surface area contributed by atoms with Crippen molar-refractivity contribution in [3.8, 4) is 11.3 Å². The summed E-state index contributed by atoms with van der Waals surface area (Å²) < 4.78 is 10.6. The fourth-order valence-electron chi connectivity index (χ4n) is 2.69. The molecule has 2 heterocycles. The first-order valence-corrected chi connectivity index (χ1v) is 8.68. The number of fused-ring (bicyclic) bond motifs is 1. The van der Waals surface area contributed by atoms with Gasteiger partial charge in [0, 0.05) is 10.6 Å². The Hall–Kier alpha value is -3.32. The van der Waals surface area contributed by atoms with Crippen molar-refractivity contribution in [1.82, 2.24) is 15.1 Å². The number of hydrogen-bond acceptors (Lipinski definition) is 6. The van der Waals surface area contributed by atoms with Crippen LogP contribution in [0.5, 0.6) is 0 Å². The van der Waals surface area contributed by atoms with Crippen molar-refractivity contribution < 1.29 is 14.1 Å². The molecule has 0 spiro atoms. The lowest BCUT2D eigenvalue weighted by molar-refractivity contribution is 0.0528. The molecular formula is C19H15ClN4O3. The average Bonchev–Trinajstić information content (AvgIpc) is 3.26. The topological polar surface area (TPSA) is 93.0 Å². The Balaban J connectivity index is 1.75. The van der Waals surface area contributed by atoms with Gasteiger partial charge in [0.25, 0.3) is 0 Å². The fourth-order valence-corrected chi connectivity index (χ4v) is 2.82. The molecule has 0 radical (unpaired) electrons. The third kappa shape index (κ3) is 3.37. The number of benzene rings is 2. The van der Waals surface area contributed by atoms with E-state index < -0.39 is 5.97 Å². The molecule has 8 heteroatoms. The standard InChI is InChI=1S/C19H15ClN4O3/c1-2-26-18(25)15-16(11-7-9-12(20)10-8-11)24-27-17(15)23-19-21-13-5-3-4-6-14(13)22-19/h3-10H,2H2,1H3,(H2,21,22,23). The Kier molecular flexibility index (Phi) is 4.52. The smallest absolute Gasteiger partial charge is 0.346 e. The van der Waals surface area contributed by atoms with Gasteiger partial charge in [-0.2, -0.15) is 0 Å². The molecule has 0 saturated carbocycles. The van der Waals surface area contributed by atoms with Crippen molar-refractivity contribution in [2.75, 3.05) is 11.9 Å². The van der Waals surface area contributed by atoms with Gasteiger partial charge in [0.1, 0.15) is 5.69 Å². The van der Waals surface area contributed by atoms with Gasteiger partial charge in [0.15, 0.2) is 5.56 Å². The molecule has 2 N–H and O–H groups in total. The highest BCUT2D eigenvalue weighted by molar-refractivity contribution is 6.30. The zero-order valence-corrected chi connectivity index (χ0v) is 15.1. The summed E-state index contributed by atoms with van der Waals surface area (Å²) in [6, 6.07) is 14.5. The van der Waals surface area contributed by atoms with Crippen LogP contribution in [0.25, 0.3) is 22.3 Å². The van der Waals surface area contributed by atoms with Crippen molar-refractivity contribution in [1.29, 1.82) is 0 Å². The molecule has 0 bridgehead atoms. The number of H-pyrrole nitrogens is 1. The summed E-state index contributed by atoms with van der Waals surface area (Å²) in [5.41, 5.74) is 2.89. The summed E-state index contributed by atoms with van der Waals surface area (Å²) >= 11 is 5.94. The van der Waals surface area contributed by atoms with Crippen LogP contribution in [0, 0.1) is 0 Å². The highest BCUT2D eigenvalue weighted by atomic mass is 35.5. The minimum absolute atomic E-state index is 0.150. The van der Waals surface area contributed by atoms with Gasteiger partial charge >= 0.3 is 5.97 Å². The number of anilines is 2. The van der Waals surface area contributed by atoms with E-state index in [0.29, 0.717) is 22.2 Å². The van der Waals surface area contributed by atoms with Crippen LogP contribution in [0.2, 0.25) is 5.02 Å². The van der Waals surface area contributed by atoms with Gasteiger partial charge in [-0.3, -0.25) is 5.32 Å². The number of ether oxygens (including phenoxy) is 1. The van der Waals surface area contributed by atoms with E-state index in [0.717, 1.165) is 11.0 Å². The van der Waals surface area contributed by atoms with Gasteiger partial charge in [0.2, 0.25) is 11.8 Å². The number of aromatic amines is 1. The Morgan fingerprint density at radius 1 is 1.22 bits per heavy atom. The summed E-state index contributed by atoms with van der Waals surface area (Å²) in [6.45, 7) is 1.97. The molecule has 2 aromatic heterocycles. The number of carbonyl (C=O) groups excluding carboxylic acids is 1. The second-order valence-corrected chi connectivity index (χ2v) is 6.13. The van der Waals surface area contributed by atoms with Crippen LogP contribution in [0.4, 0.5) is 11.8 Å². The molecule has 7 nitrogen and oxygen atoms in total. The van der Waals surface area contributed by atoms with E-state index in [1.165, 1.54) is 0 Å². The number of imidazole rings is 1. The second kappa shape index (κ2) is 7.13. The van der Waals surface area contributed by atoms with Gasteiger partial charge in [-0.25, -0.2) is 9.78 Å². The number of nitrogens with zero attached hydrogens (tertiary/aromatic N) is 2. The lowest BCUT2D eigenvalue weighted by Gasteiger charge is -2.04. The first-order chi connectivity index (χ1) is 13.2. The summed E-state index contributed by atoms with van der Waals surface area (Å²) in [6.07, 6.45) is 0. The number of carbonyl (C=O) groups is 1. The molecule has 0 atom stereocenters. The molecule has 4 rings (SSSR count). The van der Waals surface area contributed by atoms with Gasteiger partial charge < -0.3 is 14.2 Å². The summed E-state index contributed by atoms with van der Waals surface area (Å²) in [4.78, 5) is 20.1. The molecule has 0 unspecified atom stereocenters. The van der Waals surface area contributed by atoms with E-state index in [1.807, 2.05) is 24.3 Å². The molecule has 0 amide bonds. The lowest BCUT2D eigenvalue weighted by atomic mass is 10.1. The third-order valence-corrected chi connectivity index (χ3v) is 4.16. The maximum atomic E-state index is 12.5. The van der Waals surface area contributed by atoms with Crippen LogP contribution in [-0.4, -0.2) is 27.7 Å². The van der Waals surface area contributed by atoms with Crippen LogP contribution in [0.15, 0.2) is 53.1 Å². The largest absolute Gasteiger partial charge is 0.462 e. The minimum Gasteiger partial charge on any atom is -0.462 e. The molecule has 2 aromatic carbocycles. The predicted molar refractivity (Wildman–Crippen MR) is 102 cm³/mol. The zero-order chi connectivity index (χ0) is 18.8. The zero-order valence-electron chi connectivity index (χ0n) is 14.3. The van der Waals surface area contributed by atoms with Crippen LogP contribution in [-0.2, 0) is 4.74 Å². The number of hydrogen-bond donors (Lipinski definition) is 2. The molecule has 136 valence electrons. The predicted octanol–water partition coefficient (Wildman–Crippen LogP) is 4.79. The summed E-state index contributed by atoms with van der Waals surface area (Å²) in [5, 5.41) is 7.61. The molecule has 0 aliphatic heterocycles. The number of aromatic nitrogens is 3. The summed E-state index contributed by atoms with van der Waals surface area (Å²) in [7, 11) is 0. The van der Waals surface area contributed by atoms with E-state index >= 15 is 0 Å². The van der Waals surface area contributed by atoms with Crippen LogP contribution in [0.1, 0.15) is 17.3 Å². The van der Waals surface area contributed by atoms with Gasteiger partial charge in [-0.05, 0) is 31.2 Å². The van der Waals surface area contributed by atoms with Crippen LogP contribution >= 0.6 is 11.6 Å². The Morgan fingerprint density at radius 3 is 2.74 bits per heavy atom. The Morgan fingerprint density at radius 2 is 2.00 bits per heavy atom. The molecule has 0 fully saturated rings. The highest BCUT2D eigenvalue weighted by Crippen LogP contribution is 2.32. The maximum Gasteiger partial charge on any atom is 0.346 e. The van der Waals surface area contributed by atoms with Gasteiger partial charge in [0.05, 0.1) is 17.6 Å². The van der Waals surface area contributed by atoms with E-state index in [1.54, 1.807) is 31.2 Å². The number of para-hydroxylation sites is 2. The second-order valence-electron chi connectivity index (χ2n) is 5.69. The molecule has 4 aromatic rings. The van der Waals surface area contributed by atoms with E-state index in [2.05, 4.69) is 20.4 Å². The molecule has 0 saturated heterocycles. The van der Waals surface area contributed by atoms with Crippen LogP contribution in [0.3, 0.4) is 0 Å². The minimum atomic E-state index is -0.540. The van der Waals surface area contributed by atoms with Crippen molar-refractivity contribution in [3.63, 3.8) is 0 Å². The van der Waals surface area contributed by atoms with Crippen LogP contribution < -0.4 is 5.32 Å². The number of nitrogens with one attached hydrogen (secondary N) is 2. The first-order valence-electron chi connectivity index (χ1n) is 8.30. The average molecular weight is 383 g/mol. The maximum absolute atomic E-state index is 12.5. The molecule has 0 aliphatic rings. The molecule has 27 heavy (non-hydrogen) atoms. The van der Waals surface area contributed by atoms with Gasteiger partial charge in [-0.1, -0.05) is 41.0 Å². The lowest BCUT2D eigenvalue weighted by Crippen LogP contribution is -2.08. The monoisotopic (exact) mass is 382 g/mol. The molecular weight excluding hydrogens is 368 g/mol. The van der Waals surface area contributed by atoms with Gasteiger partial charge in [-0.15, -0.1) is 0 Å². The Bertz CT molecular complexity index is 1070. The first kappa shape index (κ1) is 17.1. The van der Waals surface area contributed by atoms with Crippen molar-refractivity contribution in [2.24, 2.45) is 0 Å². The normalized spacial score (nSPS) is 10.9. The third-order valence-electron chi connectivity index (χ3n) is 3.91. The van der Waals surface area contributed by atoms with E-state index in [4.69, 9.17) is 20.9 Å². The highest BCUT2D eigenvalue weighted by Gasteiger charge is 2.26. The van der Waals surface area contributed by atoms with Crippen molar-refractivity contribution in [2.45, 2.75) is 6.92 Å². The van der Waals surface area contributed by atoms with Crippen molar-refractivity contribution >= 4 is 40.4 Å². The summed E-state index contributed by atoms with van der Waals surface area (Å²) in [5.74, 6) is 0.0420. The quantitative estimate of drug-likeness (QED) is 0.482. The number of rotatable bonds is 5. The van der Waals surface area contributed by atoms with E-state index in [9.17, 15) is 4.79 Å². The van der Waals surface area contributed by atoms with E-state index in [-0.39, 0.29) is 18.1 Å². The fraction of sp³-hybridized carbons (Fsp3) is 0.105. The van der Waals surface area contributed by atoms with Crippen molar-refractivity contribution in [3.05, 3.63) is 59.1 Å².